The minimum Gasteiger partial charge on any atom is -0.497 e. The van der Waals surface area contributed by atoms with E-state index >= 15 is 0 Å². The van der Waals surface area contributed by atoms with Gasteiger partial charge in [-0.2, -0.15) is 0 Å². The van der Waals surface area contributed by atoms with Gasteiger partial charge in [0, 0.05) is 17.6 Å². The van der Waals surface area contributed by atoms with E-state index < -0.39 is 0 Å². The van der Waals surface area contributed by atoms with Gasteiger partial charge in [0.1, 0.15) is 11.5 Å². The first-order valence-corrected chi connectivity index (χ1v) is 6.31. The van der Waals surface area contributed by atoms with E-state index in [9.17, 15) is 0 Å². The number of methoxy groups -OCH3 is 2. The second-order valence-corrected chi connectivity index (χ2v) is 4.42. The molecule has 19 heavy (non-hydrogen) atoms. The first kappa shape index (κ1) is 13.6. The first-order chi connectivity index (χ1) is 9.24. The average Bonchev–Trinajstić information content (AvgIpc) is 2.46. The summed E-state index contributed by atoms with van der Waals surface area (Å²) in [6.45, 7) is 0.641. The Hall–Kier alpha value is -1.87. The Labute approximate surface area is 118 Å². The smallest absolute Gasteiger partial charge is 0.145 e. The number of anilines is 1. The molecule has 0 bridgehead atoms. The fraction of sp³-hybridized carbons (Fsp3) is 0.200. The lowest BCUT2D eigenvalue weighted by molar-refractivity contribution is 0.395. The number of hydrogen-bond donors (Lipinski definition) is 1. The third-order valence-electron chi connectivity index (χ3n) is 2.84. The second-order valence-electron chi connectivity index (χ2n) is 4.01. The number of halogens is 1. The van der Waals surface area contributed by atoms with Crippen LogP contribution in [0, 0.1) is 0 Å². The van der Waals surface area contributed by atoms with Crippen LogP contribution in [0.25, 0.3) is 0 Å². The summed E-state index contributed by atoms with van der Waals surface area (Å²) < 4.78 is 10.5. The monoisotopic (exact) mass is 277 g/mol. The normalized spacial score (nSPS) is 10.1. The molecule has 3 nitrogen and oxygen atoms in total. The van der Waals surface area contributed by atoms with Crippen LogP contribution in [0.5, 0.6) is 11.5 Å². The zero-order valence-electron chi connectivity index (χ0n) is 10.9. The molecule has 0 heterocycles. The molecule has 2 aromatic carbocycles. The molecule has 0 saturated heterocycles. The molecule has 0 aliphatic heterocycles. The highest BCUT2D eigenvalue weighted by Gasteiger charge is 2.05. The maximum atomic E-state index is 6.12. The van der Waals surface area contributed by atoms with E-state index in [0.717, 1.165) is 27.8 Å². The van der Waals surface area contributed by atoms with Crippen LogP contribution < -0.4 is 14.8 Å². The Bertz CT molecular complexity index is 558. The molecule has 0 spiro atoms. The third-order valence-corrected chi connectivity index (χ3v) is 3.20. The summed E-state index contributed by atoms with van der Waals surface area (Å²) >= 11 is 6.12. The molecule has 0 radical (unpaired) electrons. The van der Waals surface area contributed by atoms with Gasteiger partial charge in [0.2, 0.25) is 0 Å². The predicted octanol–water partition coefficient (Wildman–Crippen LogP) is 3.97. The van der Waals surface area contributed by atoms with Crippen LogP contribution in [0.1, 0.15) is 5.56 Å². The molecular weight excluding hydrogens is 262 g/mol. The minimum absolute atomic E-state index is 0.641. The van der Waals surface area contributed by atoms with Crippen LogP contribution >= 0.6 is 11.6 Å². The highest BCUT2D eigenvalue weighted by molar-refractivity contribution is 6.31. The quantitative estimate of drug-likeness (QED) is 0.897. The molecule has 0 aromatic heterocycles. The first-order valence-electron chi connectivity index (χ1n) is 5.94. The Morgan fingerprint density at radius 3 is 2.53 bits per heavy atom. The van der Waals surface area contributed by atoms with E-state index in [1.54, 1.807) is 14.2 Å². The summed E-state index contributed by atoms with van der Waals surface area (Å²) in [6, 6.07) is 13.4. The molecule has 0 aliphatic carbocycles. The van der Waals surface area contributed by atoms with E-state index in [1.165, 1.54) is 0 Å². The van der Waals surface area contributed by atoms with Crippen molar-refractivity contribution in [2.24, 2.45) is 0 Å². The fourth-order valence-corrected chi connectivity index (χ4v) is 1.98. The van der Waals surface area contributed by atoms with Crippen LogP contribution in [-0.4, -0.2) is 14.2 Å². The van der Waals surface area contributed by atoms with Crippen molar-refractivity contribution >= 4 is 17.3 Å². The van der Waals surface area contributed by atoms with Crippen LogP contribution in [0.3, 0.4) is 0 Å². The number of rotatable bonds is 5. The van der Waals surface area contributed by atoms with Crippen molar-refractivity contribution in [2.45, 2.75) is 6.54 Å². The lowest BCUT2D eigenvalue weighted by Crippen LogP contribution is -2.02. The van der Waals surface area contributed by atoms with Gasteiger partial charge in [0.15, 0.2) is 0 Å². The Kier molecular flexibility index (Phi) is 4.53. The highest BCUT2D eigenvalue weighted by atomic mass is 35.5. The molecule has 0 unspecified atom stereocenters. The Morgan fingerprint density at radius 1 is 1.05 bits per heavy atom. The van der Waals surface area contributed by atoms with Crippen LogP contribution in [0.2, 0.25) is 5.02 Å². The van der Waals surface area contributed by atoms with E-state index in [4.69, 9.17) is 21.1 Å². The van der Waals surface area contributed by atoms with Crippen LogP contribution in [0.4, 0.5) is 5.69 Å². The Balaban J connectivity index is 2.13. The van der Waals surface area contributed by atoms with Crippen LogP contribution in [-0.2, 0) is 6.54 Å². The van der Waals surface area contributed by atoms with Crippen molar-refractivity contribution in [1.82, 2.24) is 0 Å². The van der Waals surface area contributed by atoms with Crippen molar-refractivity contribution in [1.29, 1.82) is 0 Å². The lowest BCUT2D eigenvalue weighted by Gasteiger charge is -2.13. The number of hydrogen-bond acceptors (Lipinski definition) is 3. The summed E-state index contributed by atoms with van der Waals surface area (Å²) in [4.78, 5) is 0. The van der Waals surface area contributed by atoms with E-state index in [2.05, 4.69) is 5.32 Å². The minimum atomic E-state index is 0.641. The molecule has 2 aromatic rings. The standard InChI is InChI=1S/C15H16ClNO2/c1-18-12-7-8-14(15(9-12)19-2)17-10-11-5-3-4-6-13(11)16/h3-9,17H,10H2,1-2H3. The molecule has 0 aliphatic rings. The van der Waals surface area contributed by atoms with E-state index in [1.807, 2.05) is 42.5 Å². The lowest BCUT2D eigenvalue weighted by atomic mass is 10.2. The summed E-state index contributed by atoms with van der Waals surface area (Å²) in [5.74, 6) is 1.51. The zero-order chi connectivity index (χ0) is 13.7. The van der Waals surface area contributed by atoms with Crippen molar-refractivity contribution in [2.75, 3.05) is 19.5 Å². The van der Waals surface area contributed by atoms with Gasteiger partial charge in [-0.1, -0.05) is 29.8 Å². The number of ether oxygens (including phenoxy) is 2. The topological polar surface area (TPSA) is 30.5 Å². The Morgan fingerprint density at radius 2 is 1.84 bits per heavy atom. The van der Waals surface area contributed by atoms with Gasteiger partial charge in [0.25, 0.3) is 0 Å². The summed E-state index contributed by atoms with van der Waals surface area (Å²) in [7, 11) is 3.26. The second kappa shape index (κ2) is 6.34. The molecule has 4 heteroatoms. The molecule has 1 N–H and O–H groups in total. The molecular formula is C15H16ClNO2. The van der Waals surface area contributed by atoms with Gasteiger partial charge in [0.05, 0.1) is 19.9 Å². The highest BCUT2D eigenvalue weighted by Crippen LogP contribution is 2.29. The van der Waals surface area contributed by atoms with Gasteiger partial charge in [-0.25, -0.2) is 0 Å². The number of nitrogens with one attached hydrogen (secondary N) is 1. The maximum absolute atomic E-state index is 6.12. The summed E-state index contributed by atoms with van der Waals surface area (Å²) in [5, 5.41) is 4.06. The van der Waals surface area contributed by atoms with Gasteiger partial charge in [-0.05, 0) is 23.8 Å². The maximum Gasteiger partial charge on any atom is 0.145 e. The van der Waals surface area contributed by atoms with Crippen molar-refractivity contribution < 1.29 is 9.47 Å². The zero-order valence-corrected chi connectivity index (χ0v) is 11.7. The molecule has 0 fully saturated rings. The summed E-state index contributed by atoms with van der Waals surface area (Å²) in [6.07, 6.45) is 0. The van der Waals surface area contributed by atoms with Gasteiger partial charge in [-0.3, -0.25) is 0 Å². The van der Waals surface area contributed by atoms with Crippen molar-refractivity contribution in [3.05, 3.63) is 53.1 Å². The summed E-state index contributed by atoms with van der Waals surface area (Å²) in [5.41, 5.74) is 1.95. The molecule has 0 saturated carbocycles. The molecule has 2 rings (SSSR count). The van der Waals surface area contributed by atoms with Crippen LogP contribution in [0.15, 0.2) is 42.5 Å². The van der Waals surface area contributed by atoms with Crippen molar-refractivity contribution in [3.8, 4) is 11.5 Å². The molecule has 100 valence electrons. The largest absolute Gasteiger partial charge is 0.497 e. The van der Waals surface area contributed by atoms with Gasteiger partial charge < -0.3 is 14.8 Å². The van der Waals surface area contributed by atoms with Crippen molar-refractivity contribution in [3.63, 3.8) is 0 Å². The third kappa shape index (κ3) is 3.32. The molecule has 0 amide bonds. The SMILES string of the molecule is COc1ccc(NCc2ccccc2Cl)c(OC)c1. The average molecular weight is 278 g/mol. The fourth-order valence-electron chi connectivity index (χ4n) is 1.78. The predicted molar refractivity (Wildman–Crippen MR) is 78.3 cm³/mol. The van der Waals surface area contributed by atoms with Gasteiger partial charge in [-0.15, -0.1) is 0 Å². The molecule has 0 atom stereocenters. The van der Waals surface area contributed by atoms with E-state index in [0.29, 0.717) is 6.54 Å². The van der Waals surface area contributed by atoms with Gasteiger partial charge >= 0.3 is 0 Å². The van der Waals surface area contributed by atoms with E-state index in [-0.39, 0.29) is 0 Å². The number of benzene rings is 2.